The van der Waals surface area contributed by atoms with Gasteiger partial charge in [0.05, 0.1) is 7.11 Å². The molecule has 2 heteroatoms. The first-order valence-electron chi connectivity index (χ1n) is 5.31. The van der Waals surface area contributed by atoms with Crippen LogP contribution in [0.15, 0.2) is 12.1 Å². The molecule has 0 heterocycles. The van der Waals surface area contributed by atoms with Gasteiger partial charge < -0.3 is 9.53 Å². The van der Waals surface area contributed by atoms with Gasteiger partial charge in [-0.05, 0) is 42.0 Å². The summed E-state index contributed by atoms with van der Waals surface area (Å²) in [7, 11) is 1.69. The Bertz CT molecular complexity index is 396. The maximum Gasteiger partial charge on any atom is 0.127 e. The van der Waals surface area contributed by atoms with Crippen LogP contribution in [0.5, 0.6) is 5.75 Å². The fraction of sp³-hybridized carbons (Fsp3) is 0.462. The molecule has 2 rings (SSSR count). The Balaban J connectivity index is 2.54. The van der Waals surface area contributed by atoms with Crippen LogP contribution in [-0.4, -0.2) is 13.4 Å². The Morgan fingerprint density at radius 2 is 2.13 bits per heavy atom. The lowest BCUT2D eigenvalue weighted by Crippen LogP contribution is -1.96. The Morgan fingerprint density at radius 3 is 2.73 bits per heavy atom. The minimum absolute atomic E-state index is 0.0830. The van der Waals surface area contributed by atoms with E-state index in [9.17, 15) is 4.79 Å². The molecule has 1 aliphatic carbocycles. The summed E-state index contributed by atoms with van der Waals surface area (Å²) in [6, 6.07) is 4.18. The van der Waals surface area contributed by atoms with Crippen molar-refractivity contribution in [3.8, 4) is 5.75 Å². The highest BCUT2D eigenvalue weighted by molar-refractivity contribution is 5.67. The quantitative estimate of drug-likeness (QED) is 0.692. The molecule has 0 aliphatic heterocycles. The van der Waals surface area contributed by atoms with Crippen LogP contribution in [0.1, 0.15) is 41.9 Å². The fourth-order valence-electron chi connectivity index (χ4n) is 2.46. The number of fused-ring (bicyclic) bond motifs is 1. The highest BCUT2D eigenvalue weighted by Crippen LogP contribution is 2.42. The zero-order chi connectivity index (χ0) is 11.0. The second-order valence-electron chi connectivity index (χ2n) is 4.33. The van der Waals surface area contributed by atoms with Crippen LogP contribution >= 0.6 is 0 Å². The second kappa shape index (κ2) is 3.69. The van der Waals surface area contributed by atoms with Crippen LogP contribution in [0.4, 0.5) is 0 Å². The van der Waals surface area contributed by atoms with Crippen molar-refractivity contribution in [2.24, 2.45) is 0 Å². The average Bonchev–Trinajstić information content (AvgIpc) is 2.54. The van der Waals surface area contributed by atoms with Crippen LogP contribution in [-0.2, 0) is 4.79 Å². The highest BCUT2D eigenvalue weighted by atomic mass is 16.5. The third-order valence-corrected chi connectivity index (χ3v) is 3.30. The highest BCUT2D eigenvalue weighted by Gasteiger charge is 2.28. The number of carbonyl (C=O) groups is 1. The first-order valence-corrected chi connectivity index (χ1v) is 5.31. The molecule has 15 heavy (non-hydrogen) atoms. The summed E-state index contributed by atoms with van der Waals surface area (Å²) in [5, 5.41) is 0. The molecule has 0 saturated heterocycles. The van der Waals surface area contributed by atoms with Gasteiger partial charge in [-0.15, -0.1) is 0 Å². The number of hydrogen-bond acceptors (Lipinski definition) is 2. The molecule has 0 spiro atoms. The summed E-state index contributed by atoms with van der Waals surface area (Å²) in [5.41, 5.74) is 3.57. The molecule has 0 radical (unpaired) electrons. The van der Waals surface area contributed by atoms with E-state index >= 15 is 0 Å². The van der Waals surface area contributed by atoms with Crippen molar-refractivity contribution in [3.05, 3.63) is 28.8 Å². The van der Waals surface area contributed by atoms with Crippen LogP contribution in [0.2, 0.25) is 0 Å². The van der Waals surface area contributed by atoms with Gasteiger partial charge in [-0.25, -0.2) is 0 Å². The molecule has 0 amide bonds. The van der Waals surface area contributed by atoms with Gasteiger partial charge in [-0.3, -0.25) is 0 Å². The molecule has 0 bridgehead atoms. The molecule has 1 aliphatic rings. The van der Waals surface area contributed by atoms with Crippen molar-refractivity contribution in [1.29, 1.82) is 0 Å². The van der Waals surface area contributed by atoms with E-state index in [1.807, 2.05) is 6.92 Å². The Labute approximate surface area is 90.3 Å². The van der Waals surface area contributed by atoms with Crippen LogP contribution in [0.25, 0.3) is 0 Å². The summed E-state index contributed by atoms with van der Waals surface area (Å²) in [6.07, 6.45) is 2.00. The van der Waals surface area contributed by atoms with Gasteiger partial charge in [-0.1, -0.05) is 13.0 Å². The fourth-order valence-corrected chi connectivity index (χ4v) is 2.46. The van der Waals surface area contributed by atoms with E-state index in [2.05, 4.69) is 19.1 Å². The minimum atomic E-state index is 0.0830. The van der Waals surface area contributed by atoms with Gasteiger partial charge in [0.2, 0.25) is 0 Å². The zero-order valence-corrected chi connectivity index (χ0v) is 9.41. The average molecular weight is 204 g/mol. The number of methoxy groups -OCH3 is 1. The number of aryl methyl sites for hydroxylation is 1. The van der Waals surface area contributed by atoms with Crippen LogP contribution in [0.3, 0.4) is 0 Å². The van der Waals surface area contributed by atoms with Gasteiger partial charge in [0.25, 0.3) is 0 Å². The molecular weight excluding hydrogens is 188 g/mol. The molecule has 0 saturated carbocycles. The van der Waals surface area contributed by atoms with E-state index in [4.69, 9.17) is 4.74 Å². The van der Waals surface area contributed by atoms with Crippen molar-refractivity contribution >= 4 is 6.29 Å². The smallest absolute Gasteiger partial charge is 0.127 e. The molecule has 0 fully saturated rings. The third kappa shape index (κ3) is 1.54. The largest absolute Gasteiger partial charge is 0.496 e. The number of ether oxygens (including phenoxy) is 1. The SMILES string of the molecule is COc1cc2c(cc1C)[C@H](C=O)C[C@H]2C. The molecule has 1 aromatic rings. The number of carbonyl (C=O) groups excluding carboxylic acids is 1. The maximum atomic E-state index is 10.9. The first kappa shape index (κ1) is 10.2. The van der Waals surface area contributed by atoms with Gasteiger partial charge in [0.1, 0.15) is 12.0 Å². The van der Waals surface area contributed by atoms with Gasteiger partial charge in [-0.2, -0.15) is 0 Å². The molecule has 1 aromatic carbocycles. The second-order valence-corrected chi connectivity index (χ2v) is 4.33. The summed E-state index contributed by atoms with van der Waals surface area (Å²) in [5.74, 6) is 1.47. The summed E-state index contributed by atoms with van der Waals surface area (Å²) in [6.45, 7) is 4.18. The van der Waals surface area contributed by atoms with Crippen molar-refractivity contribution in [2.75, 3.05) is 7.11 Å². The zero-order valence-electron chi connectivity index (χ0n) is 9.41. The van der Waals surface area contributed by atoms with E-state index in [-0.39, 0.29) is 5.92 Å². The monoisotopic (exact) mass is 204 g/mol. The van der Waals surface area contributed by atoms with E-state index in [1.165, 1.54) is 11.1 Å². The summed E-state index contributed by atoms with van der Waals surface area (Å²) in [4.78, 5) is 10.9. The number of rotatable bonds is 2. The molecule has 0 unspecified atom stereocenters. The molecule has 80 valence electrons. The van der Waals surface area contributed by atoms with Gasteiger partial charge in [0.15, 0.2) is 0 Å². The molecule has 0 aromatic heterocycles. The van der Waals surface area contributed by atoms with E-state index in [1.54, 1.807) is 7.11 Å². The predicted octanol–water partition coefficient (Wildman–Crippen LogP) is 2.79. The number of hydrogen-bond donors (Lipinski definition) is 0. The van der Waals surface area contributed by atoms with Crippen molar-refractivity contribution < 1.29 is 9.53 Å². The lowest BCUT2D eigenvalue weighted by Gasteiger charge is -2.10. The van der Waals surface area contributed by atoms with Crippen molar-refractivity contribution in [1.82, 2.24) is 0 Å². The maximum absolute atomic E-state index is 10.9. The summed E-state index contributed by atoms with van der Waals surface area (Å²) >= 11 is 0. The summed E-state index contributed by atoms with van der Waals surface area (Å²) < 4.78 is 5.30. The minimum Gasteiger partial charge on any atom is -0.496 e. The third-order valence-electron chi connectivity index (χ3n) is 3.30. The first-order chi connectivity index (χ1) is 7.17. The standard InChI is InChI=1S/C13H16O2/c1-8-4-10(7-14)12-5-9(2)13(15-3)6-11(8)12/h5-8,10H,4H2,1-3H3/t8-,10+/m1/s1. The van der Waals surface area contributed by atoms with Crippen molar-refractivity contribution in [3.63, 3.8) is 0 Å². The Hall–Kier alpha value is -1.31. The molecular formula is C13H16O2. The van der Waals surface area contributed by atoms with Crippen molar-refractivity contribution in [2.45, 2.75) is 32.1 Å². The van der Waals surface area contributed by atoms with Crippen LogP contribution in [0, 0.1) is 6.92 Å². The van der Waals surface area contributed by atoms with Gasteiger partial charge in [0, 0.05) is 5.92 Å². The van der Waals surface area contributed by atoms with E-state index < -0.39 is 0 Å². The van der Waals surface area contributed by atoms with Gasteiger partial charge >= 0.3 is 0 Å². The van der Waals surface area contributed by atoms with E-state index in [0.717, 1.165) is 24.0 Å². The number of benzene rings is 1. The number of aldehydes is 1. The lowest BCUT2D eigenvalue weighted by molar-refractivity contribution is -0.109. The predicted molar refractivity (Wildman–Crippen MR) is 59.6 cm³/mol. The van der Waals surface area contributed by atoms with E-state index in [0.29, 0.717) is 5.92 Å². The Morgan fingerprint density at radius 1 is 1.40 bits per heavy atom. The normalized spacial score (nSPS) is 23.7. The Kier molecular flexibility index (Phi) is 2.51. The topological polar surface area (TPSA) is 26.3 Å². The lowest BCUT2D eigenvalue weighted by atomic mass is 9.99. The van der Waals surface area contributed by atoms with Crippen LogP contribution < -0.4 is 4.74 Å². The molecule has 2 nitrogen and oxygen atoms in total. The molecule has 0 N–H and O–H groups in total. The molecule has 2 atom stereocenters.